The molecule has 4 aliphatic rings. The molecule has 0 aromatic carbocycles. The van der Waals surface area contributed by atoms with Gasteiger partial charge in [0.15, 0.2) is 11.7 Å². The molecule has 218 valence electrons. The van der Waals surface area contributed by atoms with Gasteiger partial charge >= 0.3 is 23.9 Å². The predicted molar refractivity (Wildman–Crippen MR) is 137 cm³/mol. The summed E-state index contributed by atoms with van der Waals surface area (Å²) >= 11 is 6.81. The second-order valence-electron chi connectivity index (χ2n) is 12.0. The van der Waals surface area contributed by atoms with Gasteiger partial charge in [-0.3, -0.25) is 19.2 Å². The maximum absolute atomic E-state index is 13.0. The lowest BCUT2D eigenvalue weighted by molar-refractivity contribution is -0.245. The molecule has 39 heavy (non-hydrogen) atoms. The van der Waals surface area contributed by atoms with Gasteiger partial charge in [0.25, 0.3) is 0 Å². The fourth-order valence-electron chi connectivity index (χ4n) is 6.93. The molecule has 11 heteroatoms. The molecule has 0 amide bonds. The number of carbonyl (C=O) groups is 4. The van der Waals surface area contributed by atoms with Gasteiger partial charge in [-0.1, -0.05) is 32.9 Å². The summed E-state index contributed by atoms with van der Waals surface area (Å²) in [7, 11) is 0. The van der Waals surface area contributed by atoms with Gasteiger partial charge in [0.05, 0.1) is 34.8 Å². The van der Waals surface area contributed by atoms with Crippen LogP contribution >= 0.6 is 11.6 Å². The van der Waals surface area contributed by atoms with E-state index in [-0.39, 0.29) is 19.4 Å². The highest BCUT2D eigenvalue weighted by molar-refractivity contribution is 6.23. The van der Waals surface area contributed by atoms with Gasteiger partial charge in [-0.05, 0) is 32.6 Å². The van der Waals surface area contributed by atoms with Crippen LogP contribution in [0.15, 0.2) is 12.2 Å². The van der Waals surface area contributed by atoms with Crippen molar-refractivity contribution in [2.75, 3.05) is 6.61 Å². The molecule has 2 aliphatic carbocycles. The molecule has 2 heterocycles. The normalized spacial score (nSPS) is 43.7. The number of epoxide rings is 1. The SMILES string of the molecule is C=C1CC[C@H](OC(=O)C(C)C)[C@@]2(C)[C@@H](OC(C)=O)CC[C@]3(CO3)[C@@H]2[C@H](OC(C)=O)[C@]2(O)[C@@H](C)C(=O)O[C@H]2[C@H]1Cl. The fraction of sp³-hybridized carbons (Fsp3) is 0.786. The summed E-state index contributed by atoms with van der Waals surface area (Å²) in [6.45, 7) is 13.6. The van der Waals surface area contributed by atoms with E-state index in [0.29, 0.717) is 18.4 Å². The average molecular weight is 571 g/mol. The van der Waals surface area contributed by atoms with Crippen molar-refractivity contribution in [3.8, 4) is 0 Å². The number of rotatable bonds is 4. The monoisotopic (exact) mass is 570 g/mol. The maximum Gasteiger partial charge on any atom is 0.312 e. The third-order valence-electron chi connectivity index (χ3n) is 9.19. The van der Waals surface area contributed by atoms with Crippen LogP contribution in [-0.4, -0.2) is 76.6 Å². The van der Waals surface area contributed by atoms with Gasteiger partial charge in [-0.25, -0.2) is 0 Å². The molecule has 10 nitrogen and oxygen atoms in total. The first-order valence-electron chi connectivity index (χ1n) is 13.5. The van der Waals surface area contributed by atoms with E-state index in [0.717, 1.165) is 0 Å². The molecule has 1 N–H and O–H groups in total. The summed E-state index contributed by atoms with van der Waals surface area (Å²) in [5.41, 5.74) is -3.74. The number of alkyl halides is 1. The van der Waals surface area contributed by atoms with Crippen molar-refractivity contribution in [2.45, 2.75) is 108 Å². The zero-order valence-corrected chi connectivity index (χ0v) is 24.1. The molecule has 0 bridgehead atoms. The molecular weight excluding hydrogens is 532 g/mol. The Labute approximate surface area is 233 Å². The van der Waals surface area contributed by atoms with Crippen molar-refractivity contribution in [1.29, 1.82) is 0 Å². The van der Waals surface area contributed by atoms with Gasteiger partial charge in [-0.2, -0.15) is 0 Å². The molecular formula is C28H39ClO10. The minimum atomic E-state index is -2.09. The third kappa shape index (κ3) is 4.86. The first kappa shape index (κ1) is 29.8. The molecule has 4 fully saturated rings. The Morgan fingerprint density at radius 1 is 1.10 bits per heavy atom. The van der Waals surface area contributed by atoms with Crippen LogP contribution < -0.4 is 0 Å². The van der Waals surface area contributed by atoms with Crippen molar-refractivity contribution in [2.24, 2.45) is 23.2 Å². The Morgan fingerprint density at radius 3 is 2.23 bits per heavy atom. The maximum atomic E-state index is 13.0. The minimum Gasteiger partial charge on any atom is -0.462 e. The van der Waals surface area contributed by atoms with Crippen molar-refractivity contribution in [3.05, 3.63) is 12.2 Å². The van der Waals surface area contributed by atoms with Crippen LogP contribution in [0, 0.1) is 23.2 Å². The quantitative estimate of drug-likeness (QED) is 0.176. The van der Waals surface area contributed by atoms with E-state index in [1.807, 2.05) is 6.92 Å². The molecule has 0 aromatic rings. The topological polar surface area (TPSA) is 138 Å². The molecule has 0 radical (unpaired) electrons. The lowest BCUT2D eigenvalue weighted by atomic mass is 9.52. The van der Waals surface area contributed by atoms with Gasteiger partial charge < -0.3 is 28.8 Å². The van der Waals surface area contributed by atoms with Crippen LogP contribution in [0.5, 0.6) is 0 Å². The highest BCUT2D eigenvalue weighted by Crippen LogP contribution is 2.62. The number of ether oxygens (including phenoxy) is 5. The highest BCUT2D eigenvalue weighted by Gasteiger charge is 2.75. The van der Waals surface area contributed by atoms with E-state index in [1.165, 1.54) is 20.8 Å². The summed E-state index contributed by atoms with van der Waals surface area (Å²) in [5.74, 6) is -4.84. The van der Waals surface area contributed by atoms with Crippen LogP contribution in [0.2, 0.25) is 0 Å². The Hall–Kier alpha value is -2.17. The third-order valence-corrected chi connectivity index (χ3v) is 9.73. The average Bonchev–Trinajstić information content (AvgIpc) is 3.58. The van der Waals surface area contributed by atoms with E-state index in [1.54, 1.807) is 13.8 Å². The smallest absolute Gasteiger partial charge is 0.312 e. The highest BCUT2D eigenvalue weighted by atomic mass is 35.5. The zero-order chi connectivity index (χ0) is 29.1. The molecule has 2 aliphatic heterocycles. The Bertz CT molecular complexity index is 1050. The summed E-state index contributed by atoms with van der Waals surface area (Å²) in [5, 5.41) is 11.5. The molecule has 10 atom stereocenters. The second-order valence-corrected chi connectivity index (χ2v) is 12.5. The van der Waals surface area contributed by atoms with Crippen LogP contribution in [0.3, 0.4) is 0 Å². The van der Waals surface area contributed by atoms with Gasteiger partial charge in [-0.15, -0.1) is 11.6 Å². The number of carbonyl (C=O) groups excluding carboxylic acids is 4. The first-order valence-corrected chi connectivity index (χ1v) is 14.0. The number of hydrogen-bond acceptors (Lipinski definition) is 10. The summed E-state index contributed by atoms with van der Waals surface area (Å²) < 4.78 is 29.6. The summed E-state index contributed by atoms with van der Waals surface area (Å²) in [6, 6.07) is 0. The van der Waals surface area contributed by atoms with Crippen molar-refractivity contribution in [3.63, 3.8) is 0 Å². The lowest BCUT2D eigenvalue weighted by Gasteiger charge is -2.57. The molecule has 0 aromatic heterocycles. The van der Waals surface area contributed by atoms with Crippen LogP contribution in [0.25, 0.3) is 0 Å². The van der Waals surface area contributed by atoms with E-state index < -0.39 is 88.0 Å². The largest absolute Gasteiger partial charge is 0.462 e. The van der Waals surface area contributed by atoms with E-state index in [4.69, 9.17) is 35.3 Å². The number of fused-ring (bicyclic) bond motifs is 3. The number of hydrogen-bond donors (Lipinski definition) is 1. The Kier molecular flexibility index (Phi) is 7.90. The van der Waals surface area contributed by atoms with Crippen LogP contribution in [-0.2, 0) is 42.9 Å². The number of esters is 4. The first-order chi connectivity index (χ1) is 18.1. The Morgan fingerprint density at radius 2 is 1.69 bits per heavy atom. The zero-order valence-electron chi connectivity index (χ0n) is 23.4. The van der Waals surface area contributed by atoms with E-state index >= 15 is 0 Å². The molecule has 2 saturated carbocycles. The van der Waals surface area contributed by atoms with Crippen molar-refractivity contribution < 1.29 is 48.0 Å². The summed E-state index contributed by atoms with van der Waals surface area (Å²) in [6.07, 6.45) is -2.98. The van der Waals surface area contributed by atoms with Gasteiger partial charge in [0, 0.05) is 19.8 Å². The Balaban J connectivity index is 2.00. The van der Waals surface area contributed by atoms with Crippen LogP contribution in [0.4, 0.5) is 0 Å². The lowest BCUT2D eigenvalue weighted by Crippen LogP contribution is -2.70. The van der Waals surface area contributed by atoms with E-state index in [9.17, 15) is 24.3 Å². The second kappa shape index (κ2) is 10.3. The molecule has 2 saturated heterocycles. The number of aliphatic hydroxyl groups is 1. The van der Waals surface area contributed by atoms with E-state index in [2.05, 4.69) is 6.58 Å². The van der Waals surface area contributed by atoms with Gasteiger partial charge in [0.1, 0.15) is 18.3 Å². The van der Waals surface area contributed by atoms with Gasteiger partial charge in [0.2, 0.25) is 0 Å². The molecule has 0 unspecified atom stereocenters. The minimum absolute atomic E-state index is 0.253. The summed E-state index contributed by atoms with van der Waals surface area (Å²) in [4.78, 5) is 50.9. The van der Waals surface area contributed by atoms with Crippen LogP contribution in [0.1, 0.15) is 67.2 Å². The number of halogens is 1. The predicted octanol–water partition coefficient (Wildman–Crippen LogP) is 2.85. The fourth-order valence-corrected chi connectivity index (χ4v) is 7.29. The molecule has 4 rings (SSSR count). The van der Waals surface area contributed by atoms with Crippen molar-refractivity contribution in [1.82, 2.24) is 0 Å². The standard InChI is InChI=1S/C28H39ClO10/c1-13(2)24(32)38-18-9-8-14(3)20(29)22-28(34,15(4)25(33)39-22)23(37-17(6)31)21-26(18,7)19(36-16(5)30)10-11-27(21)12-35-27/h13,15,18-23,34H,3,8-12H2,1-2,4-7H3/t15-,18-,19-,20-,21+,22-,23-,26-,27-,28-/m0/s1. The molecule has 1 spiro atoms. The van der Waals surface area contributed by atoms with Crippen molar-refractivity contribution >= 4 is 35.5 Å².